The Morgan fingerprint density at radius 3 is 2.45 bits per heavy atom. The van der Waals surface area contributed by atoms with E-state index >= 15 is 0 Å². The molecule has 5 heteroatoms. The van der Waals surface area contributed by atoms with E-state index in [1.54, 1.807) is 42.5 Å². The fourth-order valence-corrected chi connectivity index (χ4v) is 1.93. The lowest BCUT2D eigenvalue weighted by molar-refractivity contribution is -0.157. The van der Waals surface area contributed by atoms with Crippen molar-refractivity contribution in [3.8, 4) is 5.75 Å². The highest BCUT2D eigenvalue weighted by Crippen LogP contribution is 2.17. The number of amides is 1. The van der Waals surface area contributed by atoms with Crippen molar-refractivity contribution in [1.29, 1.82) is 0 Å². The normalized spacial score (nSPS) is 11.5. The molecule has 22 heavy (non-hydrogen) atoms. The Labute approximate surface area is 128 Å². The summed E-state index contributed by atoms with van der Waals surface area (Å²) in [6.07, 6.45) is -1.12. The van der Waals surface area contributed by atoms with Gasteiger partial charge in [-0.05, 0) is 24.6 Å². The Bertz CT molecular complexity index is 655. The van der Waals surface area contributed by atoms with Crippen LogP contribution in [0.1, 0.15) is 17.2 Å². The van der Waals surface area contributed by atoms with Crippen LogP contribution >= 0.6 is 0 Å². The number of carbonyl (C=O) groups is 2. The Balaban J connectivity index is 1.96. The standard InChI is InChI=1S/C17H17NO4/c1-12-6-5-9-14(10-12)21-11-15(19)22-16(17(18)20)13-7-3-2-4-8-13/h2-10,16H,11H2,1H3,(H2,18,20)/t16-/m1/s1. The molecule has 2 aromatic rings. The zero-order chi connectivity index (χ0) is 15.9. The molecule has 0 aliphatic rings. The third-order valence-electron chi connectivity index (χ3n) is 2.96. The Kier molecular flexibility index (Phi) is 5.14. The predicted molar refractivity (Wildman–Crippen MR) is 81.1 cm³/mol. The number of rotatable bonds is 6. The molecule has 0 spiro atoms. The Morgan fingerprint density at radius 2 is 1.82 bits per heavy atom. The zero-order valence-electron chi connectivity index (χ0n) is 12.2. The van der Waals surface area contributed by atoms with Crippen LogP contribution in [-0.2, 0) is 14.3 Å². The van der Waals surface area contributed by atoms with Crippen molar-refractivity contribution in [3.05, 3.63) is 65.7 Å². The molecule has 5 nitrogen and oxygen atoms in total. The zero-order valence-corrected chi connectivity index (χ0v) is 12.2. The van der Waals surface area contributed by atoms with Crippen molar-refractivity contribution in [1.82, 2.24) is 0 Å². The van der Waals surface area contributed by atoms with Gasteiger partial charge in [0, 0.05) is 5.56 Å². The lowest BCUT2D eigenvalue weighted by Gasteiger charge is -2.15. The molecule has 0 saturated heterocycles. The summed E-state index contributed by atoms with van der Waals surface area (Å²) in [5.41, 5.74) is 6.83. The van der Waals surface area contributed by atoms with Crippen molar-refractivity contribution >= 4 is 11.9 Å². The summed E-state index contributed by atoms with van der Waals surface area (Å²) in [4.78, 5) is 23.3. The van der Waals surface area contributed by atoms with Gasteiger partial charge in [-0.2, -0.15) is 0 Å². The number of aryl methyl sites for hydroxylation is 1. The maximum atomic E-state index is 11.8. The fraction of sp³-hybridized carbons (Fsp3) is 0.176. The summed E-state index contributed by atoms with van der Waals surface area (Å²) in [7, 11) is 0. The number of carbonyl (C=O) groups excluding carboxylic acids is 2. The Hall–Kier alpha value is -2.82. The Morgan fingerprint density at radius 1 is 1.09 bits per heavy atom. The quantitative estimate of drug-likeness (QED) is 0.829. The van der Waals surface area contributed by atoms with Crippen LogP contribution in [0.15, 0.2) is 54.6 Å². The van der Waals surface area contributed by atoms with Gasteiger partial charge in [0.15, 0.2) is 6.61 Å². The van der Waals surface area contributed by atoms with Crippen LogP contribution in [0.4, 0.5) is 0 Å². The van der Waals surface area contributed by atoms with Crippen LogP contribution in [0, 0.1) is 6.92 Å². The number of esters is 1. The summed E-state index contributed by atoms with van der Waals surface area (Å²) in [6.45, 7) is 1.63. The van der Waals surface area contributed by atoms with E-state index in [-0.39, 0.29) is 6.61 Å². The molecule has 0 radical (unpaired) electrons. The molecule has 114 valence electrons. The molecule has 1 atom stereocenters. The average Bonchev–Trinajstić information content (AvgIpc) is 2.51. The van der Waals surface area contributed by atoms with Crippen molar-refractivity contribution in [2.24, 2.45) is 5.73 Å². The second kappa shape index (κ2) is 7.26. The van der Waals surface area contributed by atoms with Gasteiger partial charge in [0.05, 0.1) is 0 Å². The summed E-state index contributed by atoms with van der Waals surface area (Å²) in [5, 5.41) is 0. The van der Waals surface area contributed by atoms with E-state index < -0.39 is 18.0 Å². The van der Waals surface area contributed by atoms with Crippen LogP contribution in [-0.4, -0.2) is 18.5 Å². The molecule has 0 bridgehead atoms. The topological polar surface area (TPSA) is 78.6 Å². The largest absolute Gasteiger partial charge is 0.482 e. The van der Waals surface area contributed by atoms with Gasteiger partial charge >= 0.3 is 5.97 Å². The lowest BCUT2D eigenvalue weighted by atomic mass is 10.1. The van der Waals surface area contributed by atoms with Gasteiger partial charge < -0.3 is 15.2 Å². The van der Waals surface area contributed by atoms with Gasteiger partial charge in [0.25, 0.3) is 5.91 Å². The minimum atomic E-state index is -1.12. The maximum Gasteiger partial charge on any atom is 0.345 e. The predicted octanol–water partition coefficient (Wildman–Crippen LogP) is 2.14. The van der Waals surface area contributed by atoms with E-state index in [0.29, 0.717) is 11.3 Å². The molecule has 0 saturated carbocycles. The number of nitrogens with two attached hydrogens (primary N) is 1. The van der Waals surface area contributed by atoms with E-state index in [2.05, 4.69) is 0 Å². The lowest BCUT2D eigenvalue weighted by Crippen LogP contribution is -2.28. The van der Waals surface area contributed by atoms with Gasteiger partial charge in [0.2, 0.25) is 6.10 Å². The highest BCUT2D eigenvalue weighted by Gasteiger charge is 2.22. The number of hydrogen-bond donors (Lipinski definition) is 1. The summed E-state index contributed by atoms with van der Waals surface area (Å²) < 4.78 is 10.4. The van der Waals surface area contributed by atoms with Crippen LogP contribution < -0.4 is 10.5 Å². The van der Waals surface area contributed by atoms with Crippen molar-refractivity contribution in [2.75, 3.05) is 6.61 Å². The smallest absolute Gasteiger partial charge is 0.345 e. The van der Waals surface area contributed by atoms with Gasteiger partial charge in [-0.3, -0.25) is 4.79 Å². The number of benzene rings is 2. The van der Waals surface area contributed by atoms with E-state index in [0.717, 1.165) is 5.56 Å². The van der Waals surface area contributed by atoms with Crippen LogP contribution in [0.5, 0.6) is 5.75 Å². The number of hydrogen-bond acceptors (Lipinski definition) is 4. The van der Waals surface area contributed by atoms with Crippen LogP contribution in [0.3, 0.4) is 0 Å². The average molecular weight is 299 g/mol. The highest BCUT2D eigenvalue weighted by atomic mass is 16.6. The first kappa shape index (κ1) is 15.6. The van der Waals surface area contributed by atoms with Gasteiger partial charge in [-0.1, -0.05) is 42.5 Å². The van der Waals surface area contributed by atoms with E-state index in [1.165, 1.54) is 0 Å². The number of ether oxygens (including phenoxy) is 2. The maximum absolute atomic E-state index is 11.8. The van der Waals surface area contributed by atoms with Crippen molar-refractivity contribution in [3.63, 3.8) is 0 Å². The monoisotopic (exact) mass is 299 g/mol. The molecule has 2 rings (SSSR count). The van der Waals surface area contributed by atoms with Crippen LogP contribution in [0.25, 0.3) is 0 Å². The second-order valence-electron chi connectivity index (χ2n) is 4.79. The van der Waals surface area contributed by atoms with E-state index in [4.69, 9.17) is 15.2 Å². The third-order valence-corrected chi connectivity index (χ3v) is 2.96. The van der Waals surface area contributed by atoms with Gasteiger partial charge in [-0.15, -0.1) is 0 Å². The molecule has 0 aromatic heterocycles. The number of primary amides is 1. The van der Waals surface area contributed by atoms with Crippen molar-refractivity contribution in [2.45, 2.75) is 13.0 Å². The van der Waals surface area contributed by atoms with Crippen molar-refractivity contribution < 1.29 is 19.1 Å². The molecular formula is C17H17NO4. The highest BCUT2D eigenvalue weighted by molar-refractivity contribution is 5.83. The fourth-order valence-electron chi connectivity index (χ4n) is 1.93. The minimum Gasteiger partial charge on any atom is -0.482 e. The van der Waals surface area contributed by atoms with Gasteiger partial charge in [0.1, 0.15) is 5.75 Å². The first-order valence-electron chi connectivity index (χ1n) is 6.79. The first-order valence-corrected chi connectivity index (χ1v) is 6.79. The second-order valence-corrected chi connectivity index (χ2v) is 4.79. The molecule has 0 heterocycles. The minimum absolute atomic E-state index is 0.292. The molecule has 0 fully saturated rings. The molecule has 0 aliphatic heterocycles. The molecular weight excluding hydrogens is 282 g/mol. The third kappa shape index (κ3) is 4.34. The van der Waals surface area contributed by atoms with Gasteiger partial charge in [-0.25, -0.2) is 4.79 Å². The summed E-state index contributed by atoms with van der Waals surface area (Å²) in [5.74, 6) is -0.823. The molecule has 1 amide bonds. The van der Waals surface area contributed by atoms with Crippen LogP contribution in [0.2, 0.25) is 0 Å². The van der Waals surface area contributed by atoms with E-state index in [1.807, 2.05) is 19.1 Å². The SMILES string of the molecule is Cc1cccc(OCC(=O)O[C@@H](C(N)=O)c2ccccc2)c1. The molecule has 2 N–H and O–H groups in total. The first-order chi connectivity index (χ1) is 10.6. The molecule has 2 aromatic carbocycles. The summed E-state index contributed by atoms with van der Waals surface area (Å²) >= 11 is 0. The molecule has 0 unspecified atom stereocenters. The summed E-state index contributed by atoms with van der Waals surface area (Å²) in [6, 6.07) is 15.9. The molecule has 0 aliphatic carbocycles. The van der Waals surface area contributed by atoms with E-state index in [9.17, 15) is 9.59 Å².